The van der Waals surface area contributed by atoms with Crippen LogP contribution >= 0.6 is 0 Å². The Morgan fingerprint density at radius 3 is 3.10 bits per heavy atom. The van der Waals surface area contributed by atoms with Crippen LogP contribution < -0.4 is 0 Å². The van der Waals surface area contributed by atoms with Crippen molar-refractivity contribution in [1.82, 2.24) is 0 Å². The van der Waals surface area contributed by atoms with E-state index in [2.05, 4.69) is 22.1 Å². The lowest BCUT2D eigenvalue weighted by molar-refractivity contribution is 0.213. The molecule has 0 aromatic heterocycles. The molecule has 0 heterocycles. The summed E-state index contributed by atoms with van der Waals surface area (Å²) in [5, 5.41) is 3.74. The minimum absolute atomic E-state index is 0.602. The van der Waals surface area contributed by atoms with Crippen molar-refractivity contribution in [3.05, 3.63) is 12.2 Å². The summed E-state index contributed by atoms with van der Waals surface area (Å²) in [7, 11) is 1.58. The van der Waals surface area contributed by atoms with Crippen LogP contribution in [0, 0.1) is 5.92 Å². The number of allylic oxidation sites excluding steroid dienone is 2. The first kappa shape index (κ1) is 7.32. The van der Waals surface area contributed by atoms with Crippen molar-refractivity contribution in [2.45, 2.75) is 19.3 Å². The number of hydrogen-bond acceptors (Lipinski definition) is 2. The topological polar surface area (TPSA) is 21.6 Å². The summed E-state index contributed by atoms with van der Waals surface area (Å²) in [5.41, 5.74) is 0. The molecule has 0 bridgehead atoms. The number of oxime groups is 1. The molecule has 1 aliphatic rings. The Labute approximate surface area is 61.6 Å². The molecule has 1 aliphatic carbocycles. The molecule has 56 valence electrons. The maximum Gasteiger partial charge on any atom is 0.106 e. The molecule has 1 atom stereocenters. The Bertz CT molecular complexity index is 140. The maximum absolute atomic E-state index is 4.59. The van der Waals surface area contributed by atoms with Crippen LogP contribution in [0.25, 0.3) is 0 Å². The van der Waals surface area contributed by atoms with Gasteiger partial charge in [-0.25, -0.2) is 0 Å². The van der Waals surface area contributed by atoms with E-state index in [-0.39, 0.29) is 0 Å². The van der Waals surface area contributed by atoms with Gasteiger partial charge in [0.05, 0.1) is 0 Å². The molecule has 2 heteroatoms. The molecule has 1 unspecified atom stereocenters. The zero-order valence-corrected chi connectivity index (χ0v) is 6.29. The van der Waals surface area contributed by atoms with E-state index in [4.69, 9.17) is 0 Å². The van der Waals surface area contributed by atoms with E-state index in [1.165, 1.54) is 12.8 Å². The molecule has 0 aromatic rings. The summed E-state index contributed by atoms with van der Waals surface area (Å²) in [4.78, 5) is 4.59. The van der Waals surface area contributed by atoms with Gasteiger partial charge in [-0.15, -0.1) is 0 Å². The van der Waals surface area contributed by atoms with E-state index in [0.717, 1.165) is 6.42 Å². The van der Waals surface area contributed by atoms with Crippen molar-refractivity contribution in [1.29, 1.82) is 0 Å². The number of nitrogens with zero attached hydrogens (tertiary/aromatic N) is 1. The first-order valence-electron chi connectivity index (χ1n) is 3.65. The van der Waals surface area contributed by atoms with Crippen molar-refractivity contribution < 1.29 is 4.84 Å². The van der Waals surface area contributed by atoms with Crippen LogP contribution in [0.4, 0.5) is 0 Å². The second-order valence-corrected chi connectivity index (χ2v) is 2.48. The molecule has 0 saturated carbocycles. The van der Waals surface area contributed by atoms with Gasteiger partial charge in [0.2, 0.25) is 0 Å². The van der Waals surface area contributed by atoms with Crippen molar-refractivity contribution >= 4 is 6.21 Å². The first-order chi connectivity index (χ1) is 4.93. The van der Waals surface area contributed by atoms with Gasteiger partial charge in [-0.05, 0) is 19.3 Å². The second kappa shape index (κ2) is 4.09. The largest absolute Gasteiger partial charge is 0.399 e. The van der Waals surface area contributed by atoms with Crippen molar-refractivity contribution in [3.63, 3.8) is 0 Å². The molecule has 0 radical (unpaired) electrons. The van der Waals surface area contributed by atoms with Crippen LogP contribution in [-0.4, -0.2) is 13.3 Å². The highest BCUT2D eigenvalue weighted by molar-refractivity contribution is 5.60. The van der Waals surface area contributed by atoms with Crippen molar-refractivity contribution in [3.8, 4) is 0 Å². The van der Waals surface area contributed by atoms with Crippen LogP contribution in [0.5, 0.6) is 0 Å². The molecular weight excluding hydrogens is 126 g/mol. The number of rotatable bonds is 2. The fourth-order valence-corrected chi connectivity index (χ4v) is 1.10. The standard InChI is InChI=1S/C8H13NO/c1-10-9-7-8-5-3-2-4-6-8/h2-3,7-8H,4-6H2,1H3. The smallest absolute Gasteiger partial charge is 0.106 e. The van der Waals surface area contributed by atoms with E-state index < -0.39 is 0 Å². The zero-order valence-electron chi connectivity index (χ0n) is 6.29. The Morgan fingerprint density at radius 2 is 2.50 bits per heavy atom. The van der Waals surface area contributed by atoms with Crippen LogP contribution in [0.1, 0.15) is 19.3 Å². The van der Waals surface area contributed by atoms with E-state index >= 15 is 0 Å². The summed E-state index contributed by atoms with van der Waals surface area (Å²) in [5.74, 6) is 0.602. The lowest BCUT2D eigenvalue weighted by Crippen LogP contribution is -2.03. The van der Waals surface area contributed by atoms with E-state index in [1.807, 2.05) is 6.21 Å². The number of hydrogen-bond donors (Lipinski definition) is 0. The Balaban J connectivity index is 2.28. The van der Waals surface area contributed by atoms with Crippen LogP contribution in [-0.2, 0) is 4.84 Å². The summed E-state index contributed by atoms with van der Waals surface area (Å²) < 4.78 is 0. The molecule has 0 N–H and O–H groups in total. The van der Waals surface area contributed by atoms with Crippen LogP contribution in [0.2, 0.25) is 0 Å². The van der Waals surface area contributed by atoms with Crippen LogP contribution in [0.3, 0.4) is 0 Å². The third kappa shape index (κ3) is 2.21. The zero-order chi connectivity index (χ0) is 7.23. The summed E-state index contributed by atoms with van der Waals surface area (Å²) in [6, 6.07) is 0. The van der Waals surface area contributed by atoms with Gasteiger partial charge in [0.15, 0.2) is 0 Å². The fourth-order valence-electron chi connectivity index (χ4n) is 1.10. The van der Waals surface area contributed by atoms with Gasteiger partial charge in [0.1, 0.15) is 7.11 Å². The van der Waals surface area contributed by atoms with Gasteiger partial charge in [-0.3, -0.25) is 0 Å². The molecule has 10 heavy (non-hydrogen) atoms. The summed E-state index contributed by atoms with van der Waals surface area (Å²) >= 11 is 0. The highest BCUT2D eigenvalue weighted by atomic mass is 16.6. The minimum atomic E-state index is 0.602. The average Bonchev–Trinajstić information content (AvgIpc) is 2.03. The third-order valence-electron chi connectivity index (χ3n) is 1.69. The summed E-state index contributed by atoms with van der Waals surface area (Å²) in [6.07, 6.45) is 9.83. The maximum atomic E-state index is 4.59. The molecule has 2 nitrogen and oxygen atoms in total. The lowest BCUT2D eigenvalue weighted by atomic mass is 9.96. The van der Waals surface area contributed by atoms with Gasteiger partial charge in [-0.2, -0.15) is 0 Å². The molecular formula is C8H13NO. The average molecular weight is 139 g/mol. The SMILES string of the molecule is CON=CC1CC=CCC1. The minimum Gasteiger partial charge on any atom is -0.399 e. The Kier molecular flexibility index (Phi) is 3.00. The van der Waals surface area contributed by atoms with Gasteiger partial charge in [-0.1, -0.05) is 17.3 Å². The fraction of sp³-hybridized carbons (Fsp3) is 0.625. The first-order valence-corrected chi connectivity index (χ1v) is 3.65. The molecule has 0 amide bonds. The second-order valence-electron chi connectivity index (χ2n) is 2.48. The van der Waals surface area contributed by atoms with Gasteiger partial charge < -0.3 is 4.84 Å². The van der Waals surface area contributed by atoms with E-state index in [9.17, 15) is 0 Å². The molecule has 0 spiro atoms. The molecule has 0 saturated heterocycles. The van der Waals surface area contributed by atoms with Crippen molar-refractivity contribution in [2.75, 3.05) is 7.11 Å². The van der Waals surface area contributed by atoms with Gasteiger partial charge >= 0.3 is 0 Å². The predicted octanol–water partition coefficient (Wildman–Crippen LogP) is 1.97. The summed E-state index contributed by atoms with van der Waals surface area (Å²) in [6.45, 7) is 0. The Hall–Kier alpha value is -0.790. The molecule has 0 aromatic carbocycles. The quantitative estimate of drug-likeness (QED) is 0.325. The molecule has 0 fully saturated rings. The highest BCUT2D eigenvalue weighted by Gasteiger charge is 2.05. The highest BCUT2D eigenvalue weighted by Crippen LogP contribution is 2.15. The monoisotopic (exact) mass is 139 g/mol. The van der Waals surface area contributed by atoms with Gasteiger partial charge in [0.25, 0.3) is 0 Å². The van der Waals surface area contributed by atoms with Gasteiger partial charge in [0, 0.05) is 12.1 Å². The van der Waals surface area contributed by atoms with E-state index in [1.54, 1.807) is 7.11 Å². The van der Waals surface area contributed by atoms with Crippen LogP contribution in [0.15, 0.2) is 17.3 Å². The lowest BCUT2D eigenvalue weighted by Gasteiger charge is -2.10. The third-order valence-corrected chi connectivity index (χ3v) is 1.69. The Morgan fingerprint density at radius 1 is 1.60 bits per heavy atom. The normalized spacial score (nSPS) is 25.5. The molecule has 1 rings (SSSR count). The molecule has 0 aliphatic heterocycles. The van der Waals surface area contributed by atoms with Crippen molar-refractivity contribution in [2.24, 2.45) is 11.1 Å². The predicted molar refractivity (Wildman–Crippen MR) is 42.0 cm³/mol. The van der Waals surface area contributed by atoms with E-state index in [0.29, 0.717) is 5.92 Å².